The van der Waals surface area contributed by atoms with Crippen LogP contribution in [0.15, 0.2) is 0 Å². The van der Waals surface area contributed by atoms with Crippen molar-refractivity contribution in [3.8, 4) is 0 Å². The summed E-state index contributed by atoms with van der Waals surface area (Å²) in [5, 5.41) is 22.0. The Hall–Kier alpha value is -0.720. The van der Waals surface area contributed by atoms with Gasteiger partial charge < -0.3 is 14.6 Å². The van der Waals surface area contributed by atoms with Crippen molar-refractivity contribution in [3.05, 3.63) is 10.1 Å². The van der Waals surface area contributed by atoms with Gasteiger partial charge in [-0.25, -0.2) is 0 Å². The van der Waals surface area contributed by atoms with E-state index in [1.807, 2.05) is 0 Å². The van der Waals surface area contributed by atoms with Crippen LogP contribution >= 0.6 is 0 Å². The summed E-state index contributed by atoms with van der Waals surface area (Å²) in [5.74, 6) is -1.02. The Morgan fingerprint density at radius 3 is 2.56 bits per heavy atom. The minimum atomic E-state index is -1.26. The van der Waals surface area contributed by atoms with E-state index in [-0.39, 0.29) is 10.8 Å². The van der Waals surface area contributed by atoms with E-state index in [1.54, 1.807) is 0 Å². The Bertz CT molecular complexity index is 354. The maximum Gasteiger partial charge on any atom is 0.242 e. The van der Waals surface area contributed by atoms with Gasteiger partial charge in [-0.05, 0) is 12.8 Å². The van der Waals surface area contributed by atoms with Crippen molar-refractivity contribution in [2.45, 2.75) is 56.0 Å². The average Bonchev–Trinajstić information content (AvgIpc) is 2.78. The van der Waals surface area contributed by atoms with Crippen LogP contribution in [-0.4, -0.2) is 40.7 Å². The second-order valence-electron chi connectivity index (χ2n) is 5.64. The minimum absolute atomic E-state index is 0.259. The highest BCUT2D eigenvalue weighted by molar-refractivity contribution is 5.07. The third-order valence-electron chi connectivity index (χ3n) is 4.83. The molecule has 1 spiro atoms. The van der Waals surface area contributed by atoms with E-state index >= 15 is 0 Å². The molecule has 1 aliphatic heterocycles. The molecule has 0 amide bonds. The number of aliphatic hydroxyl groups is 1. The quantitative estimate of drug-likeness (QED) is 0.561. The molecule has 6 nitrogen and oxygen atoms in total. The van der Waals surface area contributed by atoms with Gasteiger partial charge in [0.25, 0.3) is 0 Å². The van der Waals surface area contributed by atoms with Gasteiger partial charge in [0.2, 0.25) is 6.04 Å². The summed E-state index contributed by atoms with van der Waals surface area (Å²) in [6, 6.07) is -0.874. The molecule has 6 heteroatoms. The summed E-state index contributed by atoms with van der Waals surface area (Å²) in [6.45, 7) is 1.05. The summed E-state index contributed by atoms with van der Waals surface area (Å²) in [6.07, 6.45) is 3.91. The highest BCUT2D eigenvalue weighted by Gasteiger charge is 2.65. The van der Waals surface area contributed by atoms with Gasteiger partial charge in [-0.15, -0.1) is 0 Å². The molecule has 102 valence electrons. The van der Waals surface area contributed by atoms with Crippen LogP contribution in [0.1, 0.15) is 38.5 Å². The number of nitro groups is 1. The lowest BCUT2D eigenvalue weighted by atomic mass is 9.62. The molecule has 3 atom stereocenters. The second kappa shape index (κ2) is 4.15. The van der Waals surface area contributed by atoms with Crippen molar-refractivity contribution in [3.63, 3.8) is 0 Å². The van der Waals surface area contributed by atoms with Crippen molar-refractivity contribution in [1.82, 2.24) is 0 Å². The Kier molecular flexibility index (Phi) is 2.84. The Morgan fingerprint density at radius 1 is 1.17 bits per heavy atom. The van der Waals surface area contributed by atoms with Crippen LogP contribution in [0, 0.1) is 16.0 Å². The molecule has 1 saturated heterocycles. The first kappa shape index (κ1) is 12.3. The molecule has 0 aromatic heterocycles. The predicted molar refractivity (Wildman–Crippen MR) is 61.6 cm³/mol. The zero-order chi connectivity index (χ0) is 12.8. The summed E-state index contributed by atoms with van der Waals surface area (Å²) in [5.41, 5.74) is -1.26. The van der Waals surface area contributed by atoms with Crippen molar-refractivity contribution < 1.29 is 19.5 Å². The van der Waals surface area contributed by atoms with Gasteiger partial charge in [0.1, 0.15) is 5.60 Å². The molecule has 0 aromatic carbocycles. The highest BCUT2D eigenvalue weighted by Crippen LogP contribution is 2.52. The average molecular weight is 257 g/mol. The Balaban J connectivity index is 1.95. The van der Waals surface area contributed by atoms with Gasteiger partial charge in [-0.2, -0.15) is 0 Å². The zero-order valence-corrected chi connectivity index (χ0v) is 10.3. The number of nitrogens with zero attached hydrogens (tertiary/aromatic N) is 1. The lowest BCUT2D eigenvalue weighted by Crippen LogP contribution is -2.65. The molecule has 2 aliphatic carbocycles. The number of hydrogen-bond acceptors (Lipinski definition) is 5. The highest BCUT2D eigenvalue weighted by atomic mass is 16.7. The predicted octanol–water partition coefficient (Wildman–Crippen LogP) is 1.09. The molecule has 1 heterocycles. The van der Waals surface area contributed by atoms with E-state index in [2.05, 4.69) is 0 Å². The molecule has 1 N–H and O–H groups in total. The SMILES string of the molecule is O=[N+]([O-])C1CCC2(OCCO2)C2CCCCC12O. The Morgan fingerprint density at radius 2 is 1.89 bits per heavy atom. The van der Waals surface area contributed by atoms with Crippen LogP contribution in [0.3, 0.4) is 0 Å². The zero-order valence-electron chi connectivity index (χ0n) is 10.3. The molecule has 3 fully saturated rings. The molecular weight excluding hydrogens is 238 g/mol. The molecule has 3 rings (SSSR count). The van der Waals surface area contributed by atoms with Crippen LogP contribution in [0.25, 0.3) is 0 Å². The fourth-order valence-corrected chi connectivity index (χ4v) is 4.05. The van der Waals surface area contributed by atoms with Gasteiger partial charge >= 0.3 is 0 Å². The summed E-state index contributed by atoms with van der Waals surface area (Å²) in [7, 11) is 0. The molecule has 0 bridgehead atoms. The topological polar surface area (TPSA) is 81.8 Å². The van der Waals surface area contributed by atoms with E-state index in [0.29, 0.717) is 32.5 Å². The molecule has 2 saturated carbocycles. The van der Waals surface area contributed by atoms with Crippen LogP contribution in [0.5, 0.6) is 0 Å². The Labute approximate surface area is 105 Å². The normalized spacial score (nSPS) is 42.7. The smallest absolute Gasteiger partial charge is 0.242 e. The first-order valence-electron chi connectivity index (χ1n) is 6.72. The van der Waals surface area contributed by atoms with Crippen molar-refractivity contribution in [2.75, 3.05) is 13.2 Å². The minimum Gasteiger partial charge on any atom is -0.382 e. The maximum absolute atomic E-state index is 11.2. The lowest BCUT2D eigenvalue weighted by molar-refractivity contribution is -0.561. The van der Waals surface area contributed by atoms with Gasteiger partial charge in [0.05, 0.1) is 13.2 Å². The molecule has 3 aliphatic rings. The number of fused-ring (bicyclic) bond motifs is 2. The van der Waals surface area contributed by atoms with Gasteiger partial charge in [0, 0.05) is 23.7 Å². The maximum atomic E-state index is 11.2. The summed E-state index contributed by atoms with van der Waals surface area (Å²) < 4.78 is 11.5. The summed E-state index contributed by atoms with van der Waals surface area (Å²) in [4.78, 5) is 10.9. The largest absolute Gasteiger partial charge is 0.382 e. The standard InChI is InChI=1S/C12H19NO5/c14-11-5-2-1-3-9(11)12(17-7-8-18-12)6-4-10(11)13(15)16/h9-10,14H,1-8H2. The first-order chi connectivity index (χ1) is 8.58. The van der Waals surface area contributed by atoms with Crippen molar-refractivity contribution in [1.29, 1.82) is 0 Å². The molecule has 0 radical (unpaired) electrons. The molecular formula is C12H19NO5. The van der Waals surface area contributed by atoms with Crippen LogP contribution in [0.2, 0.25) is 0 Å². The van der Waals surface area contributed by atoms with E-state index < -0.39 is 17.4 Å². The molecule has 3 unspecified atom stereocenters. The van der Waals surface area contributed by atoms with Gasteiger partial charge in [0.15, 0.2) is 5.79 Å². The number of hydrogen-bond donors (Lipinski definition) is 1. The van der Waals surface area contributed by atoms with Crippen LogP contribution < -0.4 is 0 Å². The number of rotatable bonds is 1. The third kappa shape index (κ3) is 1.59. The number of ether oxygens (including phenoxy) is 2. The fraction of sp³-hybridized carbons (Fsp3) is 1.00. The van der Waals surface area contributed by atoms with E-state index in [4.69, 9.17) is 9.47 Å². The monoisotopic (exact) mass is 257 g/mol. The van der Waals surface area contributed by atoms with Gasteiger partial charge in [-0.1, -0.05) is 12.8 Å². The lowest BCUT2D eigenvalue weighted by Gasteiger charge is -2.51. The fourth-order valence-electron chi connectivity index (χ4n) is 4.05. The van der Waals surface area contributed by atoms with Crippen molar-refractivity contribution in [2.24, 2.45) is 5.92 Å². The van der Waals surface area contributed by atoms with E-state index in [0.717, 1.165) is 19.3 Å². The third-order valence-corrected chi connectivity index (χ3v) is 4.83. The molecule has 0 aromatic rings. The van der Waals surface area contributed by atoms with Crippen LogP contribution in [-0.2, 0) is 9.47 Å². The van der Waals surface area contributed by atoms with E-state index in [9.17, 15) is 15.2 Å². The van der Waals surface area contributed by atoms with E-state index in [1.165, 1.54) is 0 Å². The second-order valence-corrected chi connectivity index (χ2v) is 5.64. The molecule has 18 heavy (non-hydrogen) atoms. The van der Waals surface area contributed by atoms with Crippen LogP contribution in [0.4, 0.5) is 0 Å². The first-order valence-corrected chi connectivity index (χ1v) is 6.72. The summed E-state index contributed by atoms with van der Waals surface area (Å²) >= 11 is 0. The van der Waals surface area contributed by atoms with Gasteiger partial charge in [-0.3, -0.25) is 10.1 Å². The van der Waals surface area contributed by atoms with Crippen molar-refractivity contribution >= 4 is 0 Å².